The van der Waals surface area contributed by atoms with Crippen LogP contribution in [0.1, 0.15) is 20.9 Å². The van der Waals surface area contributed by atoms with Gasteiger partial charge in [0, 0.05) is 23.1 Å². The highest BCUT2D eigenvalue weighted by Crippen LogP contribution is 2.16. The Kier molecular flexibility index (Phi) is 4.58. The third kappa shape index (κ3) is 3.80. The lowest BCUT2D eigenvalue weighted by atomic mass is 10.2. The smallest absolute Gasteiger partial charge is 0.291 e. The van der Waals surface area contributed by atoms with Gasteiger partial charge in [-0.15, -0.1) is 0 Å². The number of nitrogens with one attached hydrogen (secondary N) is 2. The van der Waals surface area contributed by atoms with Crippen molar-refractivity contribution < 1.29 is 14.0 Å². The molecule has 3 rings (SSSR count). The Hall–Kier alpha value is -3.12. The first-order chi connectivity index (χ1) is 11.6. The van der Waals surface area contributed by atoms with Gasteiger partial charge in [-0.05, 0) is 48.5 Å². The van der Waals surface area contributed by atoms with Crippen LogP contribution in [0.15, 0.2) is 65.4 Å². The molecule has 2 aromatic heterocycles. The van der Waals surface area contributed by atoms with E-state index in [1.165, 1.54) is 18.5 Å². The highest BCUT2D eigenvalue weighted by molar-refractivity contribution is 6.29. The number of furan rings is 1. The fourth-order valence-electron chi connectivity index (χ4n) is 1.98. The summed E-state index contributed by atoms with van der Waals surface area (Å²) in [5.41, 5.74) is 1.58. The topological polar surface area (TPSA) is 84.2 Å². The summed E-state index contributed by atoms with van der Waals surface area (Å²) in [6.45, 7) is 0. The lowest BCUT2D eigenvalue weighted by Gasteiger charge is -2.07. The third-order valence-electron chi connectivity index (χ3n) is 3.13. The minimum absolute atomic E-state index is 0.224. The van der Waals surface area contributed by atoms with E-state index in [1.807, 2.05) is 0 Å². The minimum atomic E-state index is -0.344. The molecule has 0 bridgehead atoms. The van der Waals surface area contributed by atoms with Gasteiger partial charge >= 0.3 is 0 Å². The molecule has 0 aliphatic rings. The first-order valence-electron chi connectivity index (χ1n) is 6.99. The van der Waals surface area contributed by atoms with Crippen molar-refractivity contribution in [1.82, 2.24) is 4.98 Å². The number of hydrogen-bond donors (Lipinski definition) is 2. The Labute approximate surface area is 142 Å². The van der Waals surface area contributed by atoms with Gasteiger partial charge in [0.1, 0.15) is 5.15 Å². The van der Waals surface area contributed by atoms with Crippen molar-refractivity contribution in [3.05, 3.63) is 77.5 Å². The van der Waals surface area contributed by atoms with E-state index in [0.717, 1.165) is 0 Å². The van der Waals surface area contributed by atoms with Crippen molar-refractivity contribution in [2.75, 3.05) is 10.6 Å². The molecule has 0 aliphatic heterocycles. The first-order valence-corrected chi connectivity index (χ1v) is 7.37. The largest absolute Gasteiger partial charge is 0.459 e. The predicted octanol–water partition coefficient (Wildman–Crippen LogP) is 3.83. The van der Waals surface area contributed by atoms with Crippen LogP contribution in [0.2, 0.25) is 5.15 Å². The highest BCUT2D eigenvalue weighted by atomic mass is 35.5. The molecule has 120 valence electrons. The van der Waals surface area contributed by atoms with Gasteiger partial charge in [-0.2, -0.15) is 0 Å². The summed E-state index contributed by atoms with van der Waals surface area (Å²) in [5, 5.41) is 5.68. The number of carbonyl (C=O) groups is 2. The van der Waals surface area contributed by atoms with Gasteiger partial charge in [-0.1, -0.05) is 11.6 Å². The quantitative estimate of drug-likeness (QED) is 0.706. The van der Waals surface area contributed by atoms with Crippen molar-refractivity contribution >= 4 is 34.8 Å². The number of benzene rings is 1. The Morgan fingerprint density at radius 2 is 1.62 bits per heavy atom. The SMILES string of the molecule is O=C(Nc1ccc(NC(=O)c2ccco2)cc1)c1ccnc(Cl)c1. The monoisotopic (exact) mass is 341 g/mol. The summed E-state index contributed by atoms with van der Waals surface area (Å²) in [7, 11) is 0. The Balaban J connectivity index is 1.64. The van der Waals surface area contributed by atoms with Crippen LogP contribution in [-0.4, -0.2) is 16.8 Å². The molecule has 2 amide bonds. The zero-order chi connectivity index (χ0) is 16.9. The average molecular weight is 342 g/mol. The van der Waals surface area contributed by atoms with E-state index in [1.54, 1.807) is 42.5 Å². The molecule has 2 N–H and O–H groups in total. The summed E-state index contributed by atoms with van der Waals surface area (Å²) in [6.07, 6.45) is 2.89. The molecule has 7 heteroatoms. The van der Waals surface area contributed by atoms with Crippen molar-refractivity contribution in [2.24, 2.45) is 0 Å². The van der Waals surface area contributed by atoms with E-state index < -0.39 is 0 Å². The van der Waals surface area contributed by atoms with Gasteiger partial charge in [0.2, 0.25) is 0 Å². The fourth-order valence-corrected chi connectivity index (χ4v) is 2.16. The second-order valence-corrected chi connectivity index (χ2v) is 5.22. The van der Waals surface area contributed by atoms with Crippen molar-refractivity contribution in [3.63, 3.8) is 0 Å². The number of hydrogen-bond acceptors (Lipinski definition) is 4. The van der Waals surface area contributed by atoms with E-state index in [4.69, 9.17) is 16.0 Å². The number of nitrogens with zero attached hydrogens (tertiary/aromatic N) is 1. The molecule has 0 atom stereocenters. The van der Waals surface area contributed by atoms with Crippen LogP contribution < -0.4 is 10.6 Å². The molecule has 2 heterocycles. The number of anilines is 2. The van der Waals surface area contributed by atoms with Crippen LogP contribution in [0, 0.1) is 0 Å². The number of pyridine rings is 1. The molecule has 0 aliphatic carbocycles. The maximum atomic E-state index is 12.1. The molecule has 0 fully saturated rings. The van der Waals surface area contributed by atoms with Gasteiger partial charge in [0.15, 0.2) is 5.76 Å². The molecule has 0 radical (unpaired) electrons. The number of rotatable bonds is 4. The molecule has 6 nitrogen and oxygen atoms in total. The second-order valence-electron chi connectivity index (χ2n) is 4.83. The van der Waals surface area contributed by atoms with Crippen LogP contribution in [0.3, 0.4) is 0 Å². The Morgan fingerprint density at radius 1 is 0.958 bits per heavy atom. The van der Waals surface area contributed by atoms with Crippen molar-refractivity contribution in [2.45, 2.75) is 0 Å². The number of amides is 2. The van der Waals surface area contributed by atoms with E-state index in [0.29, 0.717) is 16.9 Å². The third-order valence-corrected chi connectivity index (χ3v) is 3.34. The van der Waals surface area contributed by atoms with Gasteiger partial charge < -0.3 is 15.1 Å². The first kappa shape index (κ1) is 15.8. The lowest BCUT2D eigenvalue weighted by Crippen LogP contribution is -2.13. The fraction of sp³-hybridized carbons (Fsp3) is 0. The molecule has 3 aromatic rings. The number of aromatic nitrogens is 1. The van der Waals surface area contributed by atoms with E-state index >= 15 is 0 Å². The molecule has 1 aromatic carbocycles. The van der Waals surface area contributed by atoms with Gasteiger partial charge in [0.25, 0.3) is 11.8 Å². The van der Waals surface area contributed by atoms with Crippen LogP contribution in [0.5, 0.6) is 0 Å². The van der Waals surface area contributed by atoms with Crippen LogP contribution in [0.4, 0.5) is 11.4 Å². The van der Waals surface area contributed by atoms with E-state index in [9.17, 15) is 9.59 Å². The van der Waals surface area contributed by atoms with Crippen LogP contribution >= 0.6 is 11.6 Å². The van der Waals surface area contributed by atoms with Gasteiger partial charge in [-0.25, -0.2) is 4.98 Å². The molecule has 0 saturated heterocycles. The Morgan fingerprint density at radius 3 is 2.21 bits per heavy atom. The van der Waals surface area contributed by atoms with Crippen molar-refractivity contribution in [1.29, 1.82) is 0 Å². The zero-order valence-electron chi connectivity index (χ0n) is 12.3. The van der Waals surface area contributed by atoms with E-state index in [-0.39, 0.29) is 22.7 Å². The summed E-state index contributed by atoms with van der Waals surface area (Å²) in [5.74, 6) is -0.420. The normalized spacial score (nSPS) is 10.2. The predicted molar refractivity (Wildman–Crippen MR) is 90.3 cm³/mol. The van der Waals surface area contributed by atoms with Crippen molar-refractivity contribution in [3.8, 4) is 0 Å². The molecule has 24 heavy (non-hydrogen) atoms. The molecule has 0 spiro atoms. The maximum Gasteiger partial charge on any atom is 0.291 e. The van der Waals surface area contributed by atoms with E-state index in [2.05, 4.69) is 15.6 Å². The van der Waals surface area contributed by atoms with Crippen LogP contribution in [0.25, 0.3) is 0 Å². The summed E-state index contributed by atoms with van der Waals surface area (Å²) in [6, 6.07) is 13.0. The summed E-state index contributed by atoms with van der Waals surface area (Å²) < 4.78 is 5.02. The number of halogens is 1. The molecular weight excluding hydrogens is 330 g/mol. The lowest BCUT2D eigenvalue weighted by molar-refractivity contribution is 0.0994. The molecule has 0 unspecified atom stereocenters. The van der Waals surface area contributed by atoms with Gasteiger partial charge in [0.05, 0.1) is 6.26 Å². The standard InChI is InChI=1S/C17H12ClN3O3/c18-15-10-11(7-8-19-15)16(22)20-12-3-5-13(6-4-12)21-17(23)14-2-1-9-24-14/h1-10H,(H,20,22)(H,21,23). The summed E-state index contributed by atoms with van der Waals surface area (Å²) >= 11 is 5.76. The number of carbonyl (C=O) groups excluding carboxylic acids is 2. The minimum Gasteiger partial charge on any atom is -0.459 e. The summed E-state index contributed by atoms with van der Waals surface area (Å²) in [4.78, 5) is 27.8. The average Bonchev–Trinajstić information content (AvgIpc) is 3.11. The van der Waals surface area contributed by atoms with Crippen LogP contribution in [-0.2, 0) is 0 Å². The van der Waals surface area contributed by atoms with Gasteiger partial charge in [-0.3, -0.25) is 9.59 Å². The highest BCUT2D eigenvalue weighted by Gasteiger charge is 2.09. The second kappa shape index (κ2) is 6.97. The molecular formula is C17H12ClN3O3. The molecule has 0 saturated carbocycles. The Bertz CT molecular complexity index is 861. The zero-order valence-corrected chi connectivity index (χ0v) is 13.1. The maximum absolute atomic E-state index is 12.1.